The highest BCUT2D eigenvalue weighted by Crippen LogP contribution is 2.31. The Morgan fingerprint density at radius 3 is 2.67 bits per heavy atom. The first kappa shape index (κ1) is 16.0. The van der Waals surface area contributed by atoms with Crippen molar-refractivity contribution in [3.05, 3.63) is 68.5 Å². The molecule has 2 heterocycles. The van der Waals surface area contributed by atoms with Gasteiger partial charge in [0.25, 0.3) is 11.5 Å². The molecule has 124 valence electrons. The number of amides is 1. The summed E-state index contributed by atoms with van der Waals surface area (Å²) in [5, 5.41) is 0. The lowest BCUT2D eigenvalue weighted by Crippen LogP contribution is -2.37. The van der Waals surface area contributed by atoms with E-state index in [0.717, 1.165) is 22.2 Å². The minimum atomic E-state index is -0.419. The molecule has 0 bridgehead atoms. The third-order valence-electron chi connectivity index (χ3n) is 4.32. The number of rotatable bonds is 2. The van der Waals surface area contributed by atoms with Gasteiger partial charge in [0, 0.05) is 38.1 Å². The van der Waals surface area contributed by atoms with E-state index < -0.39 is 11.2 Å². The van der Waals surface area contributed by atoms with E-state index in [2.05, 4.69) is 0 Å². The second kappa shape index (κ2) is 5.96. The third-order valence-corrected chi connectivity index (χ3v) is 4.32. The van der Waals surface area contributed by atoms with Gasteiger partial charge in [-0.05, 0) is 31.1 Å². The van der Waals surface area contributed by atoms with Crippen molar-refractivity contribution in [2.24, 2.45) is 14.1 Å². The Kier molecular flexibility index (Phi) is 3.97. The summed E-state index contributed by atoms with van der Waals surface area (Å²) < 4.78 is 2.34. The van der Waals surface area contributed by atoms with Crippen molar-refractivity contribution >= 4 is 17.7 Å². The molecule has 2 aromatic rings. The van der Waals surface area contributed by atoms with Gasteiger partial charge in [0.05, 0.1) is 5.56 Å². The number of aromatic nitrogens is 2. The van der Waals surface area contributed by atoms with Gasteiger partial charge in [-0.3, -0.25) is 14.2 Å². The summed E-state index contributed by atoms with van der Waals surface area (Å²) in [6.45, 7) is 2.00. The van der Waals surface area contributed by atoms with Crippen LogP contribution in [0.2, 0.25) is 0 Å². The minimum absolute atomic E-state index is 0.0718. The standard InChI is InChI=1S/C18H19N3O3/c1-12-10-13-6-4-5-7-15(13)21(12)16(22)9-8-14-11-19(2)18(24)20(3)17(14)23/h4-9,11-12H,10H2,1-3H3. The molecule has 1 amide bonds. The number of benzene rings is 1. The van der Waals surface area contributed by atoms with Crippen molar-refractivity contribution in [1.82, 2.24) is 9.13 Å². The molecule has 0 radical (unpaired) electrons. The van der Waals surface area contributed by atoms with Crippen molar-refractivity contribution in [3.63, 3.8) is 0 Å². The molecule has 24 heavy (non-hydrogen) atoms. The highest BCUT2D eigenvalue weighted by Gasteiger charge is 2.29. The maximum absolute atomic E-state index is 12.6. The fourth-order valence-electron chi connectivity index (χ4n) is 3.09. The van der Waals surface area contributed by atoms with Crippen molar-refractivity contribution in [1.29, 1.82) is 0 Å². The predicted octanol–water partition coefficient (Wildman–Crippen LogP) is 1.08. The van der Waals surface area contributed by atoms with Crippen LogP contribution >= 0.6 is 0 Å². The lowest BCUT2D eigenvalue weighted by Gasteiger charge is -2.20. The third kappa shape index (κ3) is 2.60. The molecule has 6 nitrogen and oxygen atoms in total. The van der Waals surface area contributed by atoms with Gasteiger partial charge in [-0.1, -0.05) is 18.2 Å². The zero-order valence-corrected chi connectivity index (χ0v) is 13.9. The summed E-state index contributed by atoms with van der Waals surface area (Å²) in [7, 11) is 2.99. The average molecular weight is 325 g/mol. The molecule has 1 aromatic heterocycles. The lowest BCUT2D eigenvalue weighted by molar-refractivity contribution is -0.114. The molecule has 0 saturated heterocycles. The molecular formula is C18H19N3O3. The van der Waals surface area contributed by atoms with E-state index >= 15 is 0 Å². The number of hydrogen-bond donors (Lipinski definition) is 0. The van der Waals surface area contributed by atoms with Gasteiger partial charge >= 0.3 is 5.69 Å². The summed E-state index contributed by atoms with van der Waals surface area (Å²) >= 11 is 0. The van der Waals surface area contributed by atoms with E-state index in [4.69, 9.17) is 0 Å². The van der Waals surface area contributed by atoms with Gasteiger partial charge in [-0.25, -0.2) is 4.79 Å². The number of hydrogen-bond acceptors (Lipinski definition) is 3. The molecule has 1 aliphatic heterocycles. The normalized spacial score (nSPS) is 16.6. The number of carbonyl (C=O) groups excluding carboxylic acids is 1. The topological polar surface area (TPSA) is 64.3 Å². The second-order valence-corrected chi connectivity index (χ2v) is 6.07. The van der Waals surface area contributed by atoms with Gasteiger partial charge in [-0.15, -0.1) is 0 Å². The van der Waals surface area contributed by atoms with Gasteiger partial charge in [-0.2, -0.15) is 0 Å². The Morgan fingerprint density at radius 2 is 1.92 bits per heavy atom. The molecule has 3 rings (SSSR count). The van der Waals surface area contributed by atoms with Gasteiger partial charge in [0.2, 0.25) is 0 Å². The molecule has 0 N–H and O–H groups in total. The molecule has 1 aromatic carbocycles. The highest BCUT2D eigenvalue weighted by atomic mass is 16.2. The van der Waals surface area contributed by atoms with Gasteiger partial charge in [0.15, 0.2) is 0 Å². The number of aryl methyl sites for hydroxylation is 1. The molecule has 0 saturated carbocycles. The predicted molar refractivity (Wildman–Crippen MR) is 93.1 cm³/mol. The van der Waals surface area contributed by atoms with Crippen molar-refractivity contribution in [3.8, 4) is 0 Å². The van der Waals surface area contributed by atoms with Crippen LogP contribution in [0.15, 0.2) is 46.1 Å². The van der Waals surface area contributed by atoms with Gasteiger partial charge < -0.3 is 9.47 Å². The Hall–Kier alpha value is -2.89. The molecular weight excluding hydrogens is 306 g/mol. The summed E-state index contributed by atoms with van der Waals surface area (Å²) in [4.78, 5) is 38.1. The van der Waals surface area contributed by atoms with Crippen LogP contribution in [0, 0.1) is 0 Å². The Morgan fingerprint density at radius 1 is 1.21 bits per heavy atom. The molecule has 0 aliphatic carbocycles. The number of fused-ring (bicyclic) bond motifs is 1. The largest absolute Gasteiger partial charge is 0.330 e. The van der Waals surface area contributed by atoms with E-state index in [9.17, 15) is 14.4 Å². The van der Waals surface area contributed by atoms with E-state index in [1.807, 2.05) is 31.2 Å². The minimum Gasteiger partial charge on any atom is -0.305 e. The first-order valence-electron chi connectivity index (χ1n) is 7.76. The van der Waals surface area contributed by atoms with E-state index in [1.54, 1.807) is 11.9 Å². The summed E-state index contributed by atoms with van der Waals surface area (Å²) in [5.41, 5.74) is 1.54. The van der Waals surface area contributed by atoms with Crippen LogP contribution in [-0.4, -0.2) is 21.1 Å². The van der Waals surface area contributed by atoms with Crippen LogP contribution in [0.25, 0.3) is 6.08 Å². The SMILES string of the molecule is CC1Cc2ccccc2N1C(=O)C=Cc1cn(C)c(=O)n(C)c1=O. The number of anilines is 1. The molecule has 0 fully saturated rings. The molecule has 1 atom stereocenters. The van der Waals surface area contributed by atoms with Crippen LogP contribution in [0.5, 0.6) is 0 Å². The van der Waals surface area contributed by atoms with Crippen LogP contribution in [0.3, 0.4) is 0 Å². The average Bonchev–Trinajstić information content (AvgIpc) is 2.90. The first-order valence-corrected chi connectivity index (χ1v) is 7.76. The number of carbonyl (C=O) groups is 1. The summed E-state index contributed by atoms with van der Waals surface area (Å²) in [6.07, 6.45) is 5.12. The maximum atomic E-state index is 12.6. The molecule has 0 spiro atoms. The van der Waals surface area contributed by atoms with Crippen molar-refractivity contribution < 1.29 is 4.79 Å². The second-order valence-electron chi connectivity index (χ2n) is 6.07. The van der Waals surface area contributed by atoms with Crippen molar-refractivity contribution in [2.45, 2.75) is 19.4 Å². The van der Waals surface area contributed by atoms with E-state index in [0.29, 0.717) is 5.56 Å². The highest BCUT2D eigenvalue weighted by molar-refractivity contribution is 6.05. The quantitative estimate of drug-likeness (QED) is 0.776. The summed E-state index contributed by atoms with van der Waals surface area (Å²) in [5.74, 6) is -0.177. The number of para-hydroxylation sites is 1. The Bertz CT molecular complexity index is 953. The lowest BCUT2D eigenvalue weighted by atomic mass is 10.1. The van der Waals surface area contributed by atoms with Gasteiger partial charge in [0.1, 0.15) is 0 Å². The number of nitrogens with zero attached hydrogens (tertiary/aromatic N) is 3. The first-order chi connectivity index (χ1) is 11.4. The smallest absolute Gasteiger partial charge is 0.305 e. The zero-order chi connectivity index (χ0) is 17.4. The van der Waals surface area contributed by atoms with Crippen LogP contribution in [0.1, 0.15) is 18.1 Å². The molecule has 6 heteroatoms. The zero-order valence-electron chi connectivity index (χ0n) is 13.9. The Labute approximate surface area is 139 Å². The van der Waals surface area contributed by atoms with Crippen LogP contribution in [0.4, 0.5) is 5.69 Å². The van der Waals surface area contributed by atoms with Crippen molar-refractivity contribution in [2.75, 3.05) is 4.90 Å². The Balaban J connectivity index is 1.93. The molecule has 1 unspecified atom stereocenters. The fourth-order valence-corrected chi connectivity index (χ4v) is 3.09. The van der Waals surface area contributed by atoms with Crippen LogP contribution in [-0.2, 0) is 25.3 Å². The summed E-state index contributed by atoms with van der Waals surface area (Å²) in [6, 6.07) is 7.89. The monoisotopic (exact) mass is 325 g/mol. The van der Waals surface area contributed by atoms with Crippen LogP contribution < -0.4 is 16.1 Å². The fraction of sp³-hybridized carbons (Fsp3) is 0.278. The van der Waals surface area contributed by atoms with E-state index in [1.165, 1.54) is 30.0 Å². The van der Waals surface area contributed by atoms with E-state index in [-0.39, 0.29) is 11.9 Å². The maximum Gasteiger partial charge on any atom is 0.330 e. The molecule has 1 aliphatic rings.